The summed E-state index contributed by atoms with van der Waals surface area (Å²) < 4.78 is 6.64. The number of hydrogen-bond donors (Lipinski definition) is 1. The van der Waals surface area contributed by atoms with Crippen LogP contribution in [0.3, 0.4) is 0 Å². The molecule has 0 aliphatic heterocycles. The van der Waals surface area contributed by atoms with E-state index in [-0.39, 0.29) is 0 Å². The van der Waals surface area contributed by atoms with Gasteiger partial charge in [0.05, 0.1) is 11.7 Å². The zero-order chi connectivity index (χ0) is 14.7. The molecule has 0 fully saturated rings. The van der Waals surface area contributed by atoms with Gasteiger partial charge in [-0.1, -0.05) is 12.1 Å². The molecule has 0 saturated heterocycles. The molecule has 0 amide bonds. The van der Waals surface area contributed by atoms with E-state index in [0.717, 1.165) is 32.5 Å². The monoisotopic (exact) mass is 343 g/mol. The lowest BCUT2D eigenvalue weighted by molar-refractivity contribution is 0.305. The molecule has 5 heteroatoms. The Morgan fingerprint density at radius 3 is 2.81 bits per heavy atom. The van der Waals surface area contributed by atoms with Crippen LogP contribution in [0.1, 0.15) is 5.56 Å². The minimum atomic E-state index is 0.486. The third-order valence-electron chi connectivity index (χ3n) is 3.10. The molecule has 3 rings (SSSR count). The van der Waals surface area contributed by atoms with Crippen molar-refractivity contribution in [1.82, 2.24) is 9.97 Å². The molecule has 1 aromatic carbocycles. The van der Waals surface area contributed by atoms with Crippen molar-refractivity contribution in [3.63, 3.8) is 0 Å². The Bertz CT molecular complexity index is 776. The number of anilines is 1. The van der Waals surface area contributed by atoms with Crippen LogP contribution in [-0.4, -0.2) is 17.0 Å². The van der Waals surface area contributed by atoms with Crippen LogP contribution in [0.5, 0.6) is 5.75 Å². The average molecular weight is 344 g/mol. The highest BCUT2D eigenvalue weighted by Gasteiger charge is 2.01. The van der Waals surface area contributed by atoms with E-state index in [2.05, 4.69) is 49.4 Å². The van der Waals surface area contributed by atoms with Gasteiger partial charge in [0, 0.05) is 23.1 Å². The quantitative estimate of drug-likeness (QED) is 0.777. The minimum Gasteiger partial charge on any atom is -0.487 e. The van der Waals surface area contributed by atoms with Crippen LogP contribution in [0.2, 0.25) is 0 Å². The van der Waals surface area contributed by atoms with Crippen LogP contribution < -0.4 is 10.1 Å². The minimum absolute atomic E-state index is 0.486. The molecule has 2 heterocycles. The number of halogens is 1. The maximum absolute atomic E-state index is 5.74. The molecule has 0 saturated carbocycles. The van der Waals surface area contributed by atoms with Gasteiger partial charge < -0.3 is 10.1 Å². The molecule has 3 aromatic rings. The van der Waals surface area contributed by atoms with Crippen molar-refractivity contribution in [2.45, 2.75) is 6.61 Å². The first-order chi connectivity index (χ1) is 10.2. The molecule has 0 aliphatic carbocycles. The highest BCUT2D eigenvalue weighted by Crippen LogP contribution is 2.20. The summed E-state index contributed by atoms with van der Waals surface area (Å²) in [5, 5.41) is 4.16. The van der Waals surface area contributed by atoms with Crippen molar-refractivity contribution in [3.05, 3.63) is 58.8 Å². The molecular formula is C16H14BrN3O. The van der Waals surface area contributed by atoms with Gasteiger partial charge in [0.2, 0.25) is 0 Å². The predicted octanol–water partition coefficient (Wildman–Crippen LogP) is 4.01. The summed E-state index contributed by atoms with van der Waals surface area (Å²) in [7, 11) is 1.86. The average Bonchev–Trinajstić information content (AvgIpc) is 2.52. The molecule has 21 heavy (non-hydrogen) atoms. The first-order valence-electron chi connectivity index (χ1n) is 6.55. The zero-order valence-corrected chi connectivity index (χ0v) is 13.1. The molecule has 0 radical (unpaired) electrons. The Morgan fingerprint density at radius 2 is 2.00 bits per heavy atom. The van der Waals surface area contributed by atoms with Crippen LogP contribution in [-0.2, 0) is 6.61 Å². The summed E-state index contributed by atoms with van der Waals surface area (Å²) in [6, 6.07) is 12.1. The smallest absolute Gasteiger partial charge is 0.139 e. The number of ether oxygens (including phenoxy) is 1. The van der Waals surface area contributed by atoms with Crippen LogP contribution in [0.4, 0.5) is 5.82 Å². The standard InChI is InChI=1S/C16H14BrN3O/c1-18-16-5-4-12-3-2-11(6-15(12)20-16)10-21-14-7-13(17)8-19-9-14/h2-9H,10H2,1H3,(H,18,20). The first kappa shape index (κ1) is 13.8. The number of nitrogens with one attached hydrogen (secondary N) is 1. The highest BCUT2D eigenvalue weighted by atomic mass is 79.9. The maximum Gasteiger partial charge on any atom is 0.139 e. The fraction of sp³-hybridized carbons (Fsp3) is 0.125. The van der Waals surface area contributed by atoms with Crippen molar-refractivity contribution >= 4 is 32.7 Å². The van der Waals surface area contributed by atoms with E-state index >= 15 is 0 Å². The molecule has 1 N–H and O–H groups in total. The van der Waals surface area contributed by atoms with Crippen molar-refractivity contribution in [2.24, 2.45) is 0 Å². The van der Waals surface area contributed by atoms with E-state index in [4.69, 9.17) is 4.74 Å². The summed E-state index contributed by atoms with van der Waals surface area (Å²) in [6.45, 7) is 0.486. The number of nitrogens with zero attached hydrogens (tertiary/aromatic N) is 2. The third kappa shape index (κ3) is 3.31. The lowest BCUT2D eigenvalue weighted by Gasteiger charge is -2.08. The van der Waals surface area contributed by atoms with Crippen LogP contribution >= 0.6 is 15.9 Å². The Balaban J connectivity index is 1.80. The Morgan fingerprint density at radius 1 is 1.14 bits per heavy atom. The van der Waals surface area contributed by atoms with Crippen molar-refractivity contribution in [1.29, 1.82) is 0 Å². The second kappa shape index (κ2) is 6.10. The molecule has 2 aromatic heterocycles. The Labute approximate surface area is 131 Å². The number of benzene rings is 1. The molecule has 106 valence electrons. The van der Waals surface area contributed by atoms with Crippen molar-refractivity contribution < 1.29 is 4.74 Å². The van der Waals surface area contributed by atoms with Gasteiger partial charge in [0.1, 0.15) is 18.2 Å². The Hall–Kier alpha value is -2.14. The normalized spacial score (nSPS) is 10.6. The van der Waals surface area contributed by atoms with E-state index < -0.39 is 0 Å². The van der Waals surface area contributed by atoms with Gasteiger partial charge in [-0.05, 0) is 45.8 Å². The maximum atomic E-state index is 5.74. The third-order valence-corrected chi connectivity index (χ3v) is 3.53. The number of hydrogen-bond acceptors (Lipinski definition) is 4. The van der Waals surface area contributed by atoms with Gasteiger partial charge in [-0.15, -0.1) is 0 Å². The van der Waals surface area contributed by atoms with Gasteiger partial charge in [-0.2, -0.15) is 0 Å². The molecule has 0 aliphatic rings. The number of aromatic nitrogens is 2. The summed E-state index contributed by atoms with van der Waals surface area (Å²) in [4.78, 5) is 8.61. The van der Waals surface area contributed by atoms with E-state index in [1.54, 1.807) is 12.4 Å². The number of pyridine rings is 2. The number of rotatable bonds is 4. The Kier molecular flexibility index (Phi) is 4.01. The first-order valence-corrected chi connectivity index (χ1v) is 7.35. The molecule has 0 spiro atoms. The summed E-state index contributed by atoms with van der Waals surface area (Å²) >= 11 is 3.38. The zero-order valence-electron chi connectivity index (χ0n) is 11.5. The van der Waals surface area contributed by atoms with Crippen LogP contribution in [0, 0.1) is 0 Å². The van der Waals surface area contributed by atoms with E-state index in [1.807, 2.05) is 25.2 Å². The summed E-state index contributed by atoms with van der Waals surface area (Å²) in [5.74, 6) is 1.60. The van der Waals surface area contributed by atoms with Crippen LogP contribution in [0.25, 0.3) is 10.9 Å². The molecule has 0 atom stereocenters. The summed E-state index contributed by atoms with van der Waals surface area (Å²) in [6.07, 6.45) is 3.43. The van der Waals surface area contributed by atoms with Gasteiger partial charge >= 0.3 is 0 Å². The molecule has 0 unspecified atom stereocenters. The fourth-order valence-corrected chi connectivity index (χ4v) is 2.37. The van der Waals surface area contributed by atoms with E-state index in [9.17, 15) is 0 Å². The topological polar surface area (TPSA) is 47.0 Å². The van der Waals surface area contributed by atoms with Crippen molar-refractivity contribution in [3.8, 4) is 5.75 Å². The van der Waals surface area contributed by atoms with Gasteiger partial charge in [0.15, 0.2) is 0 Å². The lowest BCUT2D eigenvalue weighted by Crippen LogP contribution is -1.97. The van der Waals surface area contributed by atoms with E-state index in [1.165, 1.54) is 0 Å². The molecule has 4 nitrogen and oxygen atoms in total. The van der Waals surface area contributed by atoms with Gasteiger partial charge in [0.25, 0.3) is 0 Å². The predicted molar refractivity (Wildman–Crippen MR) is 87.6 cm³/mol. The van der Waals surface area contributed by atoms with Crippen LogP contribution in [0.15, 0.2) is 53.3 Å². The second-order valence-electron chi connectivity index (χ2n) is 4.60. The van der Waals surface area contributed by atoms with Crippen molar-refractivity contribution in [2.75, 3.05) is 12.4 Å². The van der Waals surface area contributed by atoms with E-state index in [0.29, 0.717) is 6.61 Å². The fourth-order valence-electron chi connectivity index (χ4n) is 2.03. The SMILES string of the molecule is CNc1ccc2ccc(COc3cncc(Br)c3)cc2n1. The second-order valence-corrected chi connectivity index (χ2v) is 5.52. The molecular weight excluding hydrogens is 330 g/mol. The van der Waals surface area contributed by atoms with Gasteiger partial charge in [-0.25, -0.2) is 4.98 Å². The van der Waals surface area contributed by atoms with Gasteiger partial charge in [-0.3, -0.25) is 4.98 Å². The lowest BCUT2D eigenvalue weighted by atomic mass is 10.1. The largest absolute Gasteiger partial charge is 0.487 e. The number of fused-ring (bicyclic) bond motifs is 1. The highest BCUT2D eigenvalue weighted by molar-refractivity contribution is 9.10. The molecule has 0 bridgehead atoms. The summed E-state index contributed by atoms with van der Waals surface area (Å²) in [5.41, 5.74) is 2.03.